The first-order valence-corrected chi connectivity index (χ1v) is 13.7. The number of hydrogen-bond acceptors (Lipinski definition) is 6. The highest BCUT2D eigenvalue weighted by molar-refractivity contribution is 6.16. The first-order valence-electron chi connectivity index (χ1n) is 13.7. The molecular weight excluding hydrogens is 448 g/mol. The molecule has 36 heavy (non-hydrogen) atoms. The zero-order valence-electron chi connectivity index (χ0n) is 21.7. The third kappa shape index (κ3) is 9.47. The molecule has 1 heterocycles. The van der Waals surface area contributed by atoms with Crippen LogP contribution < -0.4 is 27.0 Å². The number of amides is 1. The van der Waals surface area contributed by atoms with E-state index in [0.29, 0.717) is 6.54 Å². The average molecular weight is 493 g/mol. The minimum atomic E-state index is -0.0155. The number of nitrogens with one attached hydrogen (secondary N) is 4. The van der Waals surface area contributed by atoms with Crippen molar-refractivity contribution in [1.82, 2.24) is 26.3 Å². The quantitative estimate of drug-likeness (QED) is 0.129. The summed E-state index contributed by atoms with van der Waals surface area (Å²) in [6.45, 7) is 7.82. The SMILES string of the molecule is NCCCNCCCCNCCCNCCCCCNC(=O)c1c2ccccc2nc2ccccc12. The van der Waals surface area contributed by atoms with Gasteiger partial charge in [0.1, 0.15) is 0 Å². The summed E-state index contributed by atoms with van der Waals surface area (Å²) in [4.78, 5) is 17.8. The van der Waals surface area contributed by atoms with Gasteiger partial charge in [-0.25, -0.2) is 4.98 Å². The number of aromatic nitrogens is 1. The molecule has 0 fully saturated rings. The van der Waals surface area contributed by atoms with Gasteiger partial charge in [0.05, 0.1) is 16.6 Å². The summed E-state index contributed by atoms with van der Waals surface area (Å²) < 4.78 is 0. The van der Waals surface area contributed by atoms with E-state index in [1.165, 1.54) is 12.8 Å². The summed E-state index contributed by atoms with van der Waals surface area (Å²) >= 11 is 0. The maximum atomic E-state index is 13.1. The molecule has 0 spiro atoms. The fraction of sp³-hybridized carbons (Fsp3) is 0.517. The number of nitrogens with zero attached hydrogens (tertiary/aromatic N) is 1. The molecule has 7 nitrogen and oxygen atoms in total. The van der Waals surface area contributed by atoms with Crippen molar-refractivity contribution >= 4 is 27.7 Å². The van der Waals surface area contributed by atoms with Gasteiger partial charge in [0.2, 0.25) is 0 Å². The Morgan fingerprint density at radius 2 is 1.08 bits per heavy atom. The van der Waals surface area contributed by atoms with E-state index < -0.39 is 0 Å². The number of carbonyl (C=O) groups is 1. The van der Waals surface area contributed by atoms with Gasteiger partial charge in [0.15, 0.2) is 0 Å². The molecule has 6 N–H and O–H groups in total. The molecule has 196 valence electrons. The van der Waals surface area contributed by atoms with Crippen LogP contribution in [0.4, 0.5) is 0 Å². The second kappa shape index (κ2) is 17.0. The molecule has 1 aromatic heterocycles. The maximum absolute atomic E-state index is 13.1. The number of benzene rings is 2. The van der Waals surface area contributed by atoms with Gasteiger partial charge >= 0.3 is 0 Å². The Bertz CT molecular complexity index is 987. The lowest BCUT2D eigenvalue weighted by atomic mass is 10.0. The topological polar surface area (TPSA) is 104 Å². The van der Waals surface area contributed by atoms with Crippen molar-refractivity contribution in [3.05, 3.63) is 54.1 Å². The summed E-state index contributed by atoms with van der Waals surface area (Å²) in [7, 11) is 0. The predicted octanol–water partition coefficient (Wildman–Crippen LogP) is 3.58. The lowest BCUT2D eigenvalue weighted by molar-refractivity contribution is 0.0956. The van der Waals surface area contributed by atoms with E-state index in [0.717, 1.165) is 105 Å². The molecule has 0 aliphatic rings. The Labute approximate surface area is 216 Å². The van der Waals surface area contributed by atoms with E-state index >= 15 is 0 Å². The molecule has 0 saturated heterocycles. The van der Waals surface area contributed by atoms with Crippen LogP contribution in [0.3, 0.4) is 0 Å². The first kappa shape index (κ1) is 28.0. The van der Waals surface area contributed by atoms with Crippen LogP contribution in [0.2, 0.25) is 0 Å². The third-order valence-corrected chi connectivity index (χ3v) is 6.35. The zero-order chi connectivity index (χ0) is 25.3. The van der Waals surface area contributed by atoms with E-state index in [2.05, 4.69) is 21.3 Å². The van der Waals surface area contributed by atoms with Crippen molar-refractivity contribution < 1.29 is 4.79 Å². The summed E-state index contributed by atoms with van der Waals surface area (Å²) in [5.74, 6) is -0.0155. The van der Waals surface area contributed by atoms with Crippen LogP contribution in [0.5, 0.6) is 0 Å². The lowest BCUT2D eigenvalue weighted by Gasteiger charge is -2.11. The summed E-state index contributed by atoms with van der Waals surface area (Å²) in [6, 6.07) is 15.7. The molecular formula is C29H44N6O. The molecule has 2 aromatic carbocycles. The largest absolute Gasteiger partial charge is 0.352 e. The van der Waals surface area contributed by atoms with Gasteiger partial charge < -0.3 is 27.0 Å². The molecule has 3 aromatic rings. The van der Waals surface area contributed by atoms with E-state index in [1.54, 1.807) is 0 Å². The second-order valence-electron chi connectivity index (χ2n) is 9.29. The van der Waals surface area contributed by atoms with Crippen LogP contribution in [-0.2, 0) is 0 Å². The van der Waals surface area contributed by atoms with Crippen molar-refractivity contribution in [2.24, 2.45) is 5.73 Å². The highest BCUT2D eigenvalue weighted by Gasteiger charge is 2.15. The molecule has 0 unspecified atom stereocenters. The molecule has 0 atom stereocenters. The number of fused-ring (bicyclic) bond motifs is 2. The van der Waals surface area contributed by atoms with Crippen LogP contribution >= 0.6 is 0 Å². The number of carbonyl (C=O) groups excluding carboxylic acids is 1. The predicted molar refractivity (Wildman–Crippen MR) is 152 cm³/mol. The molecule has 3 rings (SSSR count). The minimum absolute atomic E-state index is 0.0155. The van der Waals surface area contributed by atoms with Crippen molar-refractivity contribution in [2.75, 3.05) is 52.4 Å². The molecule has 0 aliphatic carbocycles. The van der Waals surface area contributed by atoms with Gasteiger partial charge in [-0.15, -0.1) is 0 Å². The maximum Gasteiger partial charge on any atom is 0.252 e. The normalized spacial score (nSPS) is 11.4. The van der Waals surface area contributed by atoms with Crippen LogP contribution in [0.1, 0.15) is 55.3 Å². The Morgan fingerprint density at radius 3 is 1.67 bits per heavy atom. The Morgan fingerprint density at radius 1 is 0.611 bits per heavy atom. The molecule has 0 aliphatic heterocycles. The molecule has 0 radical (unpaired) electrons. The van der Waals surface area contributed by atoms with Crippen LogP contribution in [0.25, 0.3) is 21.8 Å². The van der Waals surface area contributed by atoms with Gasteiger partial charge in [0, 0.05) is 17.3 Å². The first-order chi connectivity index (χ1) is 17.8. The van der Waals surface area contributed by atoms with E-state index in [4.69, 9.17) is 10.7 Å². The highest BCUT2D eigenvalue weighted by atomic mass is 16.1. The van der Waals surface area contributed by atoms with Crippen LogP contribution in [0, 0.1) is 0 Å². The number of unbranched alkanes of at least 4 members (excludes halogenated alkanes) is 3. The number of para-hydroxylation sites is 2. The van der Waals surface area contributed by atoms with Gasteiger partial charge in [-0.1, -0.05) is 42.8 Å². The number of hydrogen-bond donors (Lipinski definition) is 5. The fourth-order valence-corrected chi connectivity index (χ4v) is 4.37. The highest BCUT2D eigenvalue weighted by Crippen LogP contribution is 2.25. The van der Waals surface area contributed by atoms with Gasteiger partial charge in [-0.3, -0.25) is 4.79 Å². The molecule has 0 bridgehead atoms. The van der Waals surface area contributed by atoms with Crippen molar-refractivity contribution in [1.29, 1.82) is 0 Å². The van der Waals surface area contributed by atoms with E-state index in [1.807, 2.05) is 48.5 Å². The van der Waals surface area contributed by atoms with Crippen LogP contribution in [-0.4, -0.2) is 63.2 Å². The monoisotopic (exact) mass is 492 g/mol. The number of nitrogens with two attached hydrogens (primary N) is 1. The standard InChI is InChI=1S/C29H44N6O/c30-16-10-20-31-18-8-9-19-33-22-11-21-32-17-6-1-7-23-34-29(36)28-24-12-2-4-14-26(24)35-27-15-5-3-13-25(27)28/h2-5,12-15,31-33H,1,6-11,16-23,30H2,(H,34,36). The smallest absolute Gasteiger partial charge is 0.252 e. The number of pyridine rings is 1. The van der Waals surface area contributed by atoms with E-state index in [9.17, 15) is 4.79 Å². The third-order valence-electron chi connectivity index (χ3n) is 6.35. The van der Waals surface area contributed by atoms with E-state index in [-0.39, 0.29) is 5.91 Å². The molecule has 7 heteroatoms. The van der Waals surface area contributed by atoms with Crippen LogP contribution in [0.15, 0.2) is 48.5 Å². The summed E-state index contributed by atoms with van der Waals surface area (Å²) in [5.41, 5.74) is 7.92. The summed E-state index contributed by atoms with van der Waals surface area (Å²) in [6.07, 6.45) is 7.85. The fourth-order valence-electron chi connectivity index (χ4n) is 4.37. The average Bonchev–Trinajstić information content (AvgIpc) is 2.90. The van der Waals surface area contributed by atoms with Gasteiger partial charge in [0.25, 0.3) is 5.91 Å². The zero-order valence-corrected chi connectivity index (χ0v) is 21.7. The van der Waals surface area contributed by atoms with Crippen molar-refractivity contribution in [2.45, 2.75) is 44.9 Å². The lowest BCUT2D eigenvalue weighted by Crippen LogP contribution is -2.26. The Kier molecular flexibility index (Phi) is 13.2. The molecule has 0 saturated carbocycles. The minimum Gasteiger partial charge on any atom is -0.352 e. The van der Waals surface area contributed by atoms with Gasteiger partial charge in [-0.2, -0.15) is 0 Å². The Balaban J connectivity index is 1.21. The second-order valence-corrected chi connectivity index (χ2v) is 9.29. The van der Waals surface area contributed by atoms with Gasteiger partial charge in [-0.05, 0) is 96.5 Å². The van der Waals surface area contributed by atoms with Crippen molar-refractivity contribution in [3.63, 3.8) is 0 Å². The molecule has 1 amide bonds. The summed E-state index contributed by atoms with van der Waals surface area (Å²) in [5, 5.41) is 15.4. The Hall–Kier alpha value is -2.58. The van der Waals surface area contributed by atoms with Crippen molar-refractivity contribution in [3.8, 4) is 0 Å². The number of rotatable bonds is 19.